The SMILES string of the molecule is CC/C=C\C/C=C\C/C=C\CCCCCC(=O)NC(COC1OC(CO)C(OC2OC(CO)C(O)C(O)C2O)C(O)C1O)C(O)/C=C/CC/C=C/CCCCCCCC. The molecule has 2 rings (SSSR count). The van der Waals surface area contributed by atoms with Gasteiger partial charge in [0.15, 0.2) is 12.6 Å². The van der Waals surface area contributed by atoms with Crippen LogP contribution in [0.1, 0.15) is 123 Å². The highest BCUT2D eigenvalue weighted by molar-refractivity contribution is 5.76. The Labute approximate surface area is 352 Å². The smallest absolute Gasteiger partial charge is 0.220 e. The number of carbonyl (C=O) groups is 1. The zero-order chi connectivity index (χ0) is 43.3. The Bertz CT molecular complexity index is 1220. The topological polar surface area (TPSA) is 228 Å². The number of nitrogens with one attached hydrogen (secondary N) is 1. The second-order valence-corrected chi connectivity index (χ2v) is 15.4. The van der Waals surface area contributed by atoms with Crippen LogP contribution >= 0.6 is 0 Å². The van der Waals surface area contributed by atoms with Crippen molar-refractivity contribution in [2.75, 3.05) is 19.8 Å². The molecule has 59 heavy (non-hydrogen) atoms. The van der Waals surface area contributed by atoms with Crippen molar-refractivity contribution in [3.05, 3.63) is 60.8 Å². The lowest BCUT2D eigenvalue weighted by Crippen LogP contribution is -2.65. The Morgan fingerprint density at radius 3 is 1.86 bits per heavy atom. The molecule has 14 heteroatoms. The average Bonchev–Trinajstić information content (AvgIpc) is 3.23. The van der Waals surface area contributed by atoms with Gasteiger partial charge < -0.3 is 65.1 Å². The van der Waals surface area contributed by atoms with Crippen LogP contribution in [0.15, 0.2) is 60.8 Å². The minimum absolute atomic E-state index is 0.235. The van der Waals surface area contributed by atoms with E-state index in [9.17, 15) is 45.6 Å². The van der Waals surface area contributed by atoms with E-state index in [2.05, 4.69) is 67.8 Å². The maximum Gasteiger partial charge on any atom is 0.220 e. The first kappa shape index (κ1) is 52.8. The maximum atomic E-state index is 13.1. The van der Waals surface area contributed by atoms with Gasteiger partial charge in [0.1, 0.15) is 48.8 Å². The molecule has 9 N–H and O–H groups in total. The summed E-state index contributed by atoms with van der Waals surface area (Å²) < 4.78 is 22.6. The minimum Gasteiger partial charge on any atom is -0.394 e. The van der Waals surface area contributed by atoms with E-state index in [0.717, 1.165) is 51.4 Å². The van der Waals surface area contributed by atoms with E-state index in [1.54, 1.807) is 6.08 Å². The Morgan fingerprint density at radius 2 is 1.19 bits per heavy atom. The molecule has 2 aliphatic rings. The number of allylic oxidation sites excluding steroid dienone is 9. The number of aliphatic hydroxyl groups excluding tert-OH is 8. The van der Waals surface area contributed by atoms with Gasteiger partial charge in [0.2, 0.25) is 5.91 Å². The number of unbranched alkanes of at least 4 members (excludes halogenated alkanes) is 10. The van der Waals surface area contributed by atoms with E-state index < -0.39 is 86.8 Å². The van der Waals surface area contributed by atoms with Crippen molar-refractivity contribution in [1.29, 1.82) is 0 Å². The first-order valence-electron chi connectivity index (χ1n) is 22.0. The molecule has 0 aliphatic carbocycles. The number of hydrogen-bond donors (Lipinski definition) is 9. The fourth-order valence-electron chi connectivity index (χ4n) is 6.79. The molecule has 2 aliphatic heterocycles. The van der Waals surface area contributed by atoms with Gasteiger partial charge in [0.25, 0.3) is 0 Å². The summed E-state index contributed by atoms with van der Waals surface area (Å²) in [6, 6.07) is -0.945. The Morgan fingerprint density at radius 1 is 0.627 bits per heavy atom. The van der Waals surface area contributed by atoms with Crippen molar-refractivity contribution < 1.29 is 64.6 Å². The lowest BCUT2D eigenvalue weighted by molar-refractivity contribution is -0.359. The normalized spacial score (nSPS) is 29.1. The molecule has 0 aromatic heterocycles. The van der Waals surface area contributed by atoms with Crippen molar-refractivity contribution in [2.45, 2.75) is 197 Å². The van der Waals surface area contributed by atoms with Crippen LogP contribution in [0.2, 0.25) is 0 Å². The molecule has 1 amide bonds. The summed E-state index contributed by atoms with van der Waals surface area (Å²) in [5.74, 6) is -0.284. The molecule has 0 saturated carbocycles. The summed E-state index contributed by atoms with van der Waals surface area (Å²) in [6.45, 7) is 2.56. The molecule has 12 atom stereocenters. The van der Waals surface area contributed by atoms with E-state index in [0.29, 0.717) is 12.8 Å². The number of aliphatic hydroxyl groups is 8. The van der Waals surface area contributed by atoms with Crippen molar-refractivity contribution in [2.24, 2.45) is 0 Å². The molecule has 0 bridgehead atoms. The van der Waals surface area contributed by atoms with Crippen molar-refractivity contribution in [1.82, 2.24) is 5.32 Å². The molecule has 2 heterocycles. The van der Waals surface area contributed by atoms with E-state index in [1.165, 1.54) is 38.5 Å². The third-order valence-electron chi connectivity index (χ3n) is 10.4. The van der Waals surface area contributed by atoms with Crippen LogP contribution in [-0.4, -0.2) is 140 Å². The molecule has 0 aromatic carbocycles. The number of ether oxygens (including phenoxy) is 4. The summed E-state index contributed by atoms with van der Waals surface area (Å²) in [4.78, 5) is 13.1. The highest BCUT2D eigenvalue weighted by Gasteiger charge is 2.50. The third-order valence-corrected chi connectivity index (χ3v) is 10.4. The molecular weight excluding hydrogens is 762 g/mol. The van der Waals surface area contributed by atoms with Crippen LogP contribution in [0.3, 0.4) is 0 Å². The zero-order valence-corrected chi connectivity index (χ0v) is 35.5. The minimum atomic E-state index is -1.79. The van der Waals surface area contributed by atoms with Gasteiger partial charge >= 0.3 is 0 Å². The van der Waals surface area contributed by atoms with Crippen LogP contribution in [0.4, 0.5) is 0 Å². The summed E-state index contributed by atoms with van der Waals surface area (Å²) in [6.07, 6.45) is 19.9. The summed E-state index contributed by atoms with van der Waals surface area (Å²) >= 11 is 0. The van der Waals surface area contributed by atoms with Crippen LogP contribution in [-0.2, 0) is 23.7 Å². The van der Waals surface area contributed by atoms with Crippen LogP contribution in [0, 0.1) is 0 Å². The first-order chi connectivity index (χ1) is 28.6. The number of amides is 1. The van der Waals surface area contributed by atoms with Crippen molar-refractivity contribution in [3.8, 4) is 0 Å². The maximum absolute atomic E-state index is 13.1. The monoisotopic (exact) mass is 840 g/mol. The zero-order valence-electron chi connectivity index (χ0n) is 35.5. The molecule has 340 valence electrons. The quantitative estimate of drug-likeness (QED) is 0.0357. The third kappa shape index (κ3) is 20.9. The van der Waals surface area contributed by atoms with Gasteiger partial charge in [-0.2, -0.15) is 0 Å². The van der Waals surface area contributed by atoms with Gasteiger partial charge in [-0.15, -0.1) is 0 Å². The number of rotatable bonds is 31. The van der Waals surface area contributed by atoms with Gasteiger partial charge in [-0.25, -0.2) is 0 Å². The predicted octanol–water partition coefficient (Wildman–Crippen LogP) is 3.93. The fraction of sp³-hybridized carbons (Fsp3) is 0.756. The Kier molecular flexibility index (Phi) is 29.0. The lowest BCUT2D eigenvalue weighted by atomic mass is 9.97. The molecule has 12 unspecified atom stereocenters. The molecule has 14 nitrogen and oxygen atoms in total. The second-order valence-electron chi connectivity index (χ2n) is 15.4. The van der Waals surface area contributed by atoms with Gasteiger partial charge in [0.05, 0.1) is 32.0 Å². The Hall–Kier alpha value is -2.31. The molecular formula is C45H77NO13. The molecule has 0 aromatic rings. The number of carbonyl (C=O) groups excluding carboxylic acids is 1. The standard InChI is InChI=1S/C45H77NO13/c1-3-5-7-9-11-13-15-17-19-21-23-25-27-29-37(50)46-33(34(49)28-26-24-22-20-18-16-14-12-10-8-6-4-2)32-56-44-42(55)40(53)43(36(31-48)58-44)59-45-41(54)39(52)38(51)35(30-47)57-45/h5,7,11,13,17-20,26,28,33-36,38-45,47-49,51-55H,3-4,6,8-10,12,14-16,21-25,27,29-32H2,1-2H3,(H,46,50)/b7-5-,13-11-,19-17-,20-18+,28-26+. The van der Waals surface area contributed by atoms with Gasteiger partial charge in [-0.05, 0) is 64.2 Å². The average molecular weight is 840 g/mol. The molecule has 0 spiro atoms. The van der Waals surface area contributed by atoms with Crippen molar-refractivity contribution >= 4 is 5.91 Å². The van der Waals surface area contributed by atoms with Gasteiger partial charge in [-0.3, -0.25) is 4.79 Å². The van der Waals surface area contributed by atoms with Crippen LogP contribution < -0.4 is 5.32 Å². The van der Waals surface area contributed by atoms with Gasteiger partial charge in [-0.1, -0.05) is 113 Å². The van der Waals surface area contributed by atoms with Crippen molar-refractivity contribution in [3.63, 3.8) is 0 Å². The molecule has 2 saturated heterocycles. The highest BCUT2D eigenvalue weighted by atomic mass is 16.7. The highest BCUT2D eigenvalue weighted by Crippen LogP contribution is 2.29. The van der Waals surface area contributed by atoms with E-state index in [1.807, 2.05) is 6.08 Å². The largest absolute Gasteiger partial charge is 0.394 e. The molecule has 0 radical (unpaired) electrons. The lowest BCUT2D eigenvalue weighted by Gasteiger charge is -2.46. The predicted molar refractivity (Wildman–Crippen MR) is 226 cm³/mol. The first-order valence-corrected chi connectivity index (χ1v) is 22.0. The van der Waals surface area contributed by atoms with E-state index >= 15 is 0 Å². The fourth-order valence-corrected chi connectivity index (χ4v) is 6.79. The number of hydrogen-bond acceptors (Lipinski definition) is 13. The van der Waals surface area contributed by atoms with Gasteiger partial charge in [0, 0.05) is 6.42 Å². The second kappa shape index (κ2) is 32.4. The van der Waals surface area contributed by atoms with Crippen LogP contribution in [0.5, 0.6) is 0 Å². The summed E-state index contributed by atoms with van der Waals surface area (Å²) in [5.41, 5.74) is 0. The Balaban J connectivity index is 1.95. The van der Waals surface area contributed by atoms with E-state index in [4.69, 9.17) is 18.9 Å². The van der Waals surface area contributed by atoms with Crippen LogP contribution in [0.25, 0.3) is 0 Å². The molecule has 2 fully saturated rings. The van der Waals surface area contributed by atoms with E-state index in [-0.39, 0.29) is 18.9 Å². The summed E-state index contributed by atoms with van der Waals surface area (Å²) in [7, 11) is 0. The summed E-state index contributed by atoms with van der Waals surface area (Å²) in [5, 5.41) is 86.3.